The maximum Gasteiger partial charge on any atom is 0.0379 e. The Morgan fingerprint density at radius 1 is 1.50 bits per heavy atom. The van der Waals surface area contributed by atoms with Crippen LogP contribution in [-0.4, -0.2) is 6.54 Å². The molecule has 1 aromatic rings. The minimum atomic E-state index is 0.737. The molecule has 1 heterocycles. The number of hydrogen-bond donors (Lipinski definition) is 1. The third-order valence-corrected chi connectivity index (χ3v) is 2.76. The van der Waals surface area contributed by atoms with Gasteiger partial charge in [0.05, 0.1) is 0 Å². The van der Waals surface area contributed by atoms with E-state index in [1.807, 2.05) is 0 Å². The molecular weight excluding hydrogens is 146 g/mol. The molecular formula is C11H15N. The monoisotopic (exact) mass is 161 g/mol. The number of rotatable bonds is 1. The Balaban J connectivity index is 2.48. The fourth-order valence-corrected chi connectivity index (χ4v) is 2.06. The van der Waals surface area contributed by atoms with Gasteiger partial charge in [0, 0.05) is 18.2 Å². The van der Waals surface area contributed by atoms with Crippen molar-refractivity contribution >= 4 is 5.69 Å². The number of hydrogen-bond acceptors (Lipinski definition) is 1. The Labute approximate surface area is 73.8 Å². The Bertz CT molecular complexity index is 291. The Morgan fingerprint density at radius 2 is 2.33 bits per heavy atom. The zero-order valence-corrected chi connectivity index (χ0v) is 7.72. The van der Waals surface area contributed by atoms with Crippen LogP contribution in [0.1, 0.15) is 30.4 Å². The van der Waals surface area contributed by atoms with Crippen molar-refractivity contribution in [3.05, 3.63) is 29.3 Å². The molecule has 1 aliphatic rings. The summed E-state index contributed by atoms with van der Waals surface area (Å²) in [6, 6.07) is 6.51. The van der Waals surface area contributed by atoms with Crippen molar-refractivity contribution < 1.29 is 0 Å². The van der Waals surface area contributed by atoms with Crippen LogP contribution in [0.15, 0.2) is 18.2 Å². The molecule has 0 fully saturated rings. The van der Waals surface area contributed by atoms with Gasteiger partial charge in [0.1, 0.15) is 0 Å². The summed E-state index contributed by atoms with van der Waals surface area (Å²) < 4.78 is 0. The van der Waals surface area contributed by atoms with Gasteiger partial charge in [0.25, 0.3) is 0 Å². The number of fused-ring (bicyclic) bond motifs is 1. The quantitative estimate of drug-likeness (QED) is 0.667. The minimum Gasteiger partial charge on any atom is -0.384 e. The molecule has 12 heavy (non-hydrogen) atoms. The lowest BCUT2D eigenvalue weighted by atomic mass is 9.95. The summed E-state index contributed by atoms with van der Waals surface area (Å²) >= 11 is 0. The second-order valence-corrected chi connectivity index (χ2v) is 3.52. The van der Waals surface area contributed by atoms with E-state index in [0.717, 1.165) is 12.5 Å². The Morgan fingerprint density at radius 3 is 3.08 bits per heavy atom. The zero-order chi connectivity index (χ0) is 8.55. The smallest absolute Gasteiger partial charge is 0.0379 e. The molecule has 2 rings (SSSR count). The maximum atomic E-state index is 3.44. The summed E-state index contributed by atoms with van der Waals surface area (Å²) in [7, 11) is 0. The fraction of sp³-hybridized carbons (Fsp3) is 0.455. The average Bonchev–Trinajstić information content (AvgIpc) is 2.49. The van der Waals surface area contributed by atoms with Crippen molar-refractivity contribution in [2.45, 2.75) is 26.2 Å². The molecule has 1 unspecified atom stereocenters. The Kier molecular flexibility index (Phi) is 1.80. The summed E-state index contributed by atoms with van der Waals surface area (Å²) in [6.07, 6.45) is 1.24. The molecule has 0 spiro atoms. The van der Waals surface area contributed by atoms with E-state index in [-0.39, 0.29) is 0 Å². The van der Waals surface area contributed by atoms with Crippen molar-refractivity contribution in [1.82, 2.24) is 0 Å². The standard InChI is InChI=1S/C11H15N/c1-3-9-7-12-10-6-4-5-8(2)11(9)10/h4-6,9,12H,3,7H2,1-2H3. The normalized spacial score (nSPS) is 20.3. The molecule has 1 nitrogen and oxygen atoms in total. The topological polar surface area (TPSA) is 12.0 Å². The van der Waals surface area contributed by atoms with Crippen LogP contribution >= 0.6 is 0 Å². The van der Waals surface area contributed by atoms with E-state index in [0.29, 0.717) is 0 Å². The second kappa shape index (κ2) is 2.81. The van der Waals surface area contributed by atoms with E-state index in [9.17, 15) is 0 Å². The summed E-state index contributed by atoms with van der Waals surface area (Å²) in [6.45, 7) is 5.58. The highest BCUT2D eigenvalue weighted by molar-refractivity contribution is 5.60. The molecule has 0 saturated carbocycles. The van der Waals surface area contributed by atoms with Crippen LogP contribution in [0.2, 0.25) is 0 Å². The zero-order valence-electron chi connectivity index (χ0n) is 7.72. The maximum absolute atomic E-state index is 3.44. The predicted octanol–water partition coefficient (Wildman–Crippen LogP) is 2.91. The van der Waals surface area contributed by atoms with Gasteiger partial charge in [-0.2, -0.15) is 0 Å². The first-order valence-corrected chi connectivity index (χ1v) is 4.66. The van der Waals surface area contributed by atoms with Crippen LogP contribution in [-0.2, 0) is 0 Å². The van der Waals surface area contributed by atoms with Crippen molar-refractivity contribution in [1.29, 1.82) is 0 Å². The highest BCUT2D eigenvalue weighted by Gasteiger charge is 2.21. The van der Waals surface area contributed by atoms with Gasteiger partial charge in [-0.3, -0.25) is 0 Å². The first kappa shape index (κ1) is 7.66. The summed E-state index contributed by atoms with van der Waals surface area (Å²) in [5.41, 5.74) is 4.33. The summed E-state index contributed by atoms with van der Waals surface area (Å²) in [4.78, 5) is 0. The third kappa shape index (κ3) is 1.01. The molecule has 64 valence electrons. The van der Waals surface area contributed by atoms with Gasteiger partial charge >= 0.3 is 0 Å². The summed E-state index contributed by atoms with van der Waals surface area (Å²) in [5, 5.41) is 3.44. The highest BCUT2D eigenvalue weighted by Crippen LogP contribution is 2.35. The first-order chi connectivity index (χ1) is 5.83. The molecule has 1 atom stereocenters. The lowest BCUT2D eigenvalue weighted by Gasteiger charge is -2.08. The fourth-order valence-electron chi connectivity index (χ4n) is 2.06. The van der Waals surface area contributed by atoms with E-state index in [2.05, 4.69) is 37.4 Å². The van der Waals surface area contributed by atoms with Gasteiger partial charge in [-0.1, -0.05) is 19.1 Å². The van der Waals surface area contributed by atoms with Gasteiger partial charge < -0.3 is 5.32 Å². The number of aryl methyl sites for hydroxylation is 1. The molecule has 0 aliphatic carbocycles. The van der Waals surface area contributed by atoms with E-state index >= 15 is 0 Å². The molecule has 1 N–H and O–H groups in total. The number of benzene rings is 1. The van der Waals surface area contributed by atoms with Crippen molar-refractivity contribution in [3.8, 4) is 0 Å². The van der Waals surface area contributed by atoms with Crippen LogP contribution in [0, 0.1) is 6.92 Å². The van der Waals surface area contributed by atoms with E-state index in [4.69, 9.17) is 0 Å². The SMILES string of the molecule is CCC1CNc2cccc(C)c21. The molecule has 0 bridgehead atoms. The molecule has 1 aromatic carbocycles. The molecule has 0 aromatic heterocycles. The highest BCUT2D eigenvalue weighted by atomic mass is 14.9. The Hall–Kier alpha value is -0.980. The first-order valence-electron chi connectivity index (χ1n) is 4.66. The third-order valence-electron chi connectivity index (χ3n) is 2.76. The van der Waals surface area contributed by atoms with Gasteiger partial charge in [-0.25, -0.2) is 0 Å². The van der Waals surface area contributed by atoms with Crippen LogP contribution in [0.4, 0.5) is 5.69 Å². The van der Waals surface area contributed by atoms with Crippen molar-refractivity contribution in [2.24, 2.45) is 0 Å². The molecule has 1 heteroatoms. The number of nitrogens with one attached hydrogen (secondary N) is 1. The van der Waals surface area contributed by atoms with Crippen molar-refractivity contribution in [2.75, 3.05) is 11.9 Å². The lowest BCUT2D eigenvalue weighted by Crippen LogP contribution is -2.00. The average molecular weight is 161 g/mol. The van der Waals surface area contributed by atoms with Crippen LogP contribution in [0.5, 0.6) is 0 Å². The van der Waals surface area contributed by atoms with Gasteiger partial charge in [-0.05, 0) is 30.5 Å². The van der Waals surface area contributed by atoms with Crippen molar-refractivity contribution in [3.63, 3.8) is 0 Å². The van der Waals surface area contributed by atoms with Crippen LogP contribution < -0.4 is 5.32 Å². The van der Waals surface area contributed by atoms with E-state index in [1.165, 1.54) is 17.7 Å². The number of anilines is 1. The largest absolute Gasteiger partial charge is 0.384 e. The second-order valence-electron chi connectivity index (χ2n) is 3.52. The van der Waals surface area contributed by atoms with Gasteiger partial charge in [-0.15, -0.1) is 0 Å². The molecule has 0 amide bonds. The molecule has 0 radical (unpaired) electrons. The van der Waals surface area contributed by atoms with Gasteiger partial charge in [0.2, 0.25) is 0 Å². The van der Waals surface area contributed by atoms with Crippen LogP contribution in [0.3, 0.4) is 0 Å². The summed E-state index contributed by atoms with van der Waals surface area (Å²) in [5.74, 6) is 0.737. The van der Waals surface area contributed by atoms with E-state index in [1.54, 1.807) is 5.56 Å². The lowest BCUT2D eigenvalue weighted by molar-refractivity contribution is 0.723. The molecule has 0 saturated heterocycles. The minimum absolute atomic E-state index is 0.737. The van der Waals surface area contributed by atoms with E-state index < -0.39 is 0 Å². The van der Waals surface area contributed by atoms with Crippen LogP contribution in [0.25, 0.3) is 0 Å². The predicted molar refractivity (Wildman–Crippen MR) is 52.7 cm³/mol. The molecule has 1 aliphatic heterocycles. The van der Waals surface area contributed by atoms with Gasteiger partial charge in [0.15, 0.2) is 0 Å².